The molecule has 4 aliphatic rings. The van der Waals surface area contributed by atoms with Gasteiger partial charge in [-0.05, 0) is 108 Å². The van der Waals surface area contributed by atoms with E-state index in [9.17, 15) is 9.59 Å². The number of fused-ring (bicyclic) bond motifs is 4. The van der Waals surface area contributed by atoms with E-state index >= 15 is 0 Å². The topological polar surface area (TPSA) is 130 Å². The van der Waals surface area contributed by atoms with Crippen molar-refractivity contribution in [3.63, 3.8) is 0 Å². The lowest BCUT2D eigenvalue weighted by Crippen LogP contribution is -2.51. The molecule has 2 aliphatic heterocycles. The van der Waals surface area contributed by atoms with Crippen molar-refractivity contribution in [2.45, 2.75) is 108 Å². The summed E-state index contributed by atoms with van der Waals surface area (Å²) in [5.41, 5.74) is 10.5. The van der Waals surface area contributed by atoms with Gasteiger partial charge >= 0.3 is 0 Å². The Hall–Kier alpha value is -3.96. The van der Waals surface area contributed by atoms with Gasteiger partial charge in [0.2, 0.25) is 0 Å². The Morgan fingerprint density at radius 2 is 1.88 bits per heavy atom. The number of aromatic nitrogens is 4. The molecule has 11 heteroatoms. The van der Waals surface area contributed by atoms with Gasteiger partial charge < -0.3 is 34.6 Å². The molecule has 3 aromatic heterocycles. The predicted octanol–water partition coefficient (Wildman–Crippen LogP) is 5.50. The van der Waals surface area contributed by atoms with Crippen molar-refractivity contribution in [3.05, 3.63) is 41.6 Å². The highest BCUT2D eigenvalue weighted by Gasteiger charge is 2.41. The van der Waals surface area contributed by atoms with E-state index in [0.717, 1.165) is 97.2 Å². The van der Waals surface area contributed by atoms with Gasteiger partial charge in [0.25, 0.3) is 11.8 Å². The number of hydrogen-bond donors (Lipinski definition) is 2. The molecule has 5 heterocycles. The number of benzene rings is 1. The number of rotatable bonds is 4. The Balaban J connectivity index is 1.23. The van der Waals surface area contributed by atoms with Crippen LogP contribution in [0.25, 0.3) is 33.6 Å². The summed E-state index contributed by atoms with van der Waals surface area (Å²) in [6, 6.07) is 10.4. The number of ether oxygens (including phenoxy) is 2. The minimum absolute atomic E-state index is 0.00565. The van der Waals surface area contributed by atoms with Gasteiger partial charge in [-0.1, -0.05) is 0 Å². The van der Waals surface area contributed by atoms with Crippen LogP contribution in [0.1, 0.15) is 100 Å². The molecule has 1 saturated heterocycles. The first-order chi connectivity index (χ1) is 23.1. The van der Waals surface area contributed by atoms with Gasteiger partial charge in [0, 0.05) is 48.8 Å². The SMILES string of the molecule is COc1cc(C(=O)N2C[C@H](N)[C@@H]3CC[C@H]2C3)cc2nc(-c3cc4ccc5nc4n3CCCCCOC(C)(C)C(=O)N[C@@H]5C)n(C3CC3)c12. The van der Waals surface area contributed by atoms with Crippen molar-refractivity contribution in [1.82, 2.24) is 29.3 Å². The molecule has 3 fully saturated rings. The summed E-state index contributed by atoms with van der Waals surface area (Å²) in [5.74, 6) is 1.90. The molecule has 2 saturated carbocycles. The molecule has 3 N–H and O–H groups in total. The van der Waals surface area contributed by atoms with Crippen LogP contribution >= 0.6 is 0 Å². The Bertz CT molecular complexity index is 1910. The largest absolute Gasteiger partial charge is 0.494 e. The Labute approximate surface area is 281 Å². The van der Waals surface area contributed by atoms with Gasteiger partial charge in [0.05, 0.1) is 30.1 Å². The van der Waals surface area contributed by atoms with E-state index in [1.807, 2.05) is 43.9 Å². The molecule has 2 aliphatic carbocycles. The third-order valence-corrected chi connectivity index (χ3v) is 11.1. The molecule has 4 bridgehead atoms. The smallest absolute Gasteiger partial charge is 0.254 e. The van der Waals surface area contributed by atoms with Crippen LogP contribution in [0.5, 0.6) is 5.75 Å². The lowest BCUT2D eigenvalue weighted by atomic mass is 9.94. The van der Waals surface area contributed by atoms with E-state index < -0.39 is 5.60 Å². The van der Waals surface area contributed by atoms with Crippen LogP contribution in [0.3, 0.4) is 0 Å². The van der Waals surface area contributed by atoms with Crippen LogP contribution in [-0.4, -0.2) is 73.8 Å². The van der Waals surface area contributed by atoms with Crippen molar-refractivity contribution in [1.29, 1.82) is 0 Å². The summed E-state index contributed by atoms with van der Waals surface area (Å²) < 4.78 is 16.6. The number of likely N-dealkylation sites (tertiary alicyclic amines) is 1. The number of nitrogens with two attached hydrogens (primary N) is 1. The maximum atomic E-state index is 14.0. The van der Waals surface area contributed by atoms with E-state index in [4.69, 9.17) is 25.2 Å². The number of hydrogen-bond acceptors (Lipinski definition) is 7. The molecule has 254 valence electrons. The summed E-state index contributed by atoms with van der Waals surface area (Å²) >= 11 is 0. The van der Waals surface area contributed by atoms with E-state index in [-0.39, 0.29) is 29.9 Å². The van der Waals surface area contributed by atoms with Crippen molar-refractivity contribution in [2.75, 3.05) is 20.3 Å². The average Bonchev–Trinajstić information content (AvgIpc) is 3.54. The molecule has 0 unspecified atom stereocenters. The van der Waals surface area contributed by atoms with Gasteiger partial charge in [0.1, 0.15) is 22.5 Å². The molecule has 0 spiro atoms. The predicted molar refractivity (Wildman–Crippen MR) is 184 cm³/mol. The van der Waals surface area contributed by atoms with Crippen LogP contribution in [0.4, 0.5) is 0 Å². The number of nitrogens with zero attached hydrogens (tertiary/aromatic N) is 5. The van der Waals surface area contributed by atoms with Crippen LogP contribution < -0.4 is 15.8 Å². The lowest BCUT2D eigenvalue weighted by molar-refractivity contribution is -0.143. The Morgan fingerprint density at radius 1 is 1.06 bits per heavy atom. The second-order valence-corrected chi connectivity index (χ2v) is 14.9. The third-order valence-electron chi connectivity index (χ3n) is 11.1. The van der Waals surface area contributed by atoms with Crippen LogP contribution in [-0.2, 0) is 16.1 Å². The second kappa shape index (κ2) is 11.9. The molecule has 48 heavy (non-hydrogen) atoms. The highest BCUT2D eigenvalue weighted by atomic mass is 16.5. The number of nitrogens with one attached hydrogen (secondary N) is 1. The second-order valence-electron chi connectivity index (χ2n) is 14.9. The van der Waals surface area contributed by atoms with Gasteiger partial charge in [-0.2, -0.15) is 0 Å². The van der Waals surface area contributed by atoms with Gasteiger partial charge in [0.15, 0.2) is 5.82 Å². The maximum absolute atomic E-state index is 14.0. The van der Waals surface area contributed by atoms with Crippen LogP contribution in [0, 0.1) is 5.92 Å². The minimum Gasteiger partial charge on any atom is -0.494 e. The highest BCUT2D eigenvalue weighted by molar-refractivity contribution is 6.00. The summed E-state index contributed by atoms with van der Waals surface area (Å²) in [5, 5.41) is 4.14. The molecular formula is C37H47N7O4. The first kappa shape index (κ1) is 31.3. The number of carbonyl (C=O) groups excluding carboxylic acids is 2. The zero-order valence-corrected chi connectivity index (χ0v) is 28.5. The van der Waals surface area contributed by atoms with Crippen LogP contribution in [0.2, 0.25) is 0 Å². The maximum Gasteiger partial charge on any atom is 0.254 e. The van der Waals surface area contributed by atoms with Gasteiger partial charge in [-0.3, -0.25) is 9.59 Å². The third kappa shape index (κ3) is 5.35. The average molecular weight is 654 g/mol. The van der Waals surface area contributed by atoms with Crippen molar-refractivity contribution >= 4 is 33.9 Å². The normalized spacial score (nSPS) is 26.2. The fourth-order valence-corrected chi connectivity index (χ4v) is 8.13. The van der Waals surface area contributed by atoms with Crippen molar-refractivity contribution in [2.24, 2.45) is 11.7 Å². The zero-order valence-electron chi connectivity index (χ0n) is 28.5. The molecule has 2 amide bonds. The van der Waals surface area contributed by atoms with Gasteiger partial charge in [-0.25, -0.2) is 9.97 Å². The zero-order chi connectivity index (χ0) is 33.3. The lowest BCUT2D eigenvalue weighted by Gasteiger charge is -2.37. The first-order valence-corrected chi connectivity index (χ1v) is 17.7. The van der Waals surface area contributed by atoms with Crippen LogP contribution in [0.15, 0.2) is 30.3 Å². The highest BCUT2D eigenvalue weighted by Crippen LogP contribution is 2.45. The number of carbonyl (C=O) groups is 2. The quantitative estimate of drug-likeness (QED) is 0.297. The number of pyridine rings is 1. The minimum atomic E-state index is -0.913. The van der Waals surface area contributed by atoms with E-state index in [0.29, 0.717) is 36.4 Å². The summed E-state index contributed by atoms with van der Waals surface area (Å²) in [6.45, 7) is 7.49. The van der Waals surface area contributed by atoms with Crippen molar-refractivity contribution in [3.8, 4) is 17.3 Å². The Kier molecular flexibility index (Phi) is 7.75. The van der Waals surface area contributed by atoms with E-state index in [1.165, 1.54) is 0 Å². The van der Waals surface area contributed by atoms with E-state index in [1.54, 1.807) is 7.11 Å². The first-order valence-electron chi connectivity index (χ1n) is 17.7. The monoisotopic (exact) mass is 653 g/mol. The molecule has 11 nitrogen and oxygen atoms in total. The fraction of sp³-hybridized carbons (Fsp3) is 0.568. The summed E-state index contributed by atoms with van der Waals surface area (Å²) in [7, 11) is 1.67. The number of piperidine rings is 1. The fourth-order valence-electron chi connectivity index (χ4n) is 8.13. The van der Waals surface area contributed by atoms with E-state index in [2.05, 4.69) is 26.6 Å². The number of aryl methyl sites for hydroxylation is 1. The molecule has 8 rings (SSSR count). The molecule has 4 aromatic rings. The molecule has 4 atom stereocenters. The summed E-state index contributed by atoms with van der Waals surface area (Å²) in [4.78, 5) is 39.5. The molecule has 0 radical (unpaired) electrons. The number of methoxy groups -OCH3 is 1. The number of imidazole rings is 1. The standard InChI is InChI=1S/C37H47N7O4/c1-21-28-13-9-23-18-30(42(33(23)40-28)14-6-5-7-15-48-37(2,3)36(46)39-21)34-41-29-17-24(19-31(47-4)32(29)44(34)25-11-12-25)35(45)43-20-27(38)22-8-10-26(43)16-22/h9,13,17-19,21-22,25-27H,5-8,10-12,14-16,20,38H2,1-4H3,(H,39,46)/t21-,22-,26+,27+/m1/s1. The number of amides is 2. The summed E-state index contributed by atoms with van der Waals surface area (Å²) in [6.07, 6.45) is 7.96. The van der Waals surface area contributed by atoms with Crippen molar-refractivity contribution < 1.29 is 19.1 Å². The molecular weight excluding hydrogens is 606 g/mol. The Morgan fingerprint density at radius 3 is 2.67 bits per heavy atom. The molecule has 1 aromatic carbocycles. The van der Waals surface area contributed by atoms with Gasteiger partial charge in [-0.15, -0.1) is 0 Å².